The molecule has 2 N–H and O–H groups in total. The number of hydrogen-bond donors (Lipinski definition) is 2. The SMILES string of the molecule is CCO[C@H]1OC(C(=O)O)=C[C@@H](c2cccc3c2Cc2ccccc2-3)[C@@H]1CCCO. The highest BCUT2D eigenvalue weighted by atomic mass is 16.7. The van der Waals surface area contributed by atoms with Crippen LogP contribution in [0.15, 0.2) is 54.3 Å². The Hall–Kier alpha value is -2.63. The topological polar surface area (TPSA) is 76.0 Å². The Balaban J connectivity index is 1.80. The predicted molar refractivity (Wildman–Crippen MR) is 109 cm³/mol. The van der Waals surface area contributed by atoms with Crippen molar-refractivity contribution in [2.45, 2.75) is 38.4 Å². The Morgan fingerprint density at radius 2 is 1.97 bits per heavy atom. The summed E-state index contributed by atoms with van der Waals surface area (Å²) in [4.78, 5) is 11.7. The average Bonchev–Trinajstić information content (AvgIpc) is 3.11. The molecule has 3 atom stereocenters. The molecule has 0 fully saturated rings. The van der Waals surface area contributed by atoms with E-state index in [0.29, 0.717) is 19.4 Å². The summed E-state index contributed by atoms with van der Waals surface area (Å²) in [5.41, 5.74) is 6.10. The van der Waals surface area contributed by atoms with Gasteiger partial charge in [0.1, 0.15) is 0 Å². The van der Waals surface area contributed by atoms with Gasteiger partial charge in [0, 0.05) is 25.0 Å². The largest absolute Gasteiger partial charge is 0.475 e. The number of carbonyl (C=O) groups is 1. The van der Waals surface area contributed by atoms with E-state index in [1.54, 1.807) is 6.08 Å². The minimum absolute atomic E-state index is 0.0678. The lowest BCUT2D eigenvalue weighted by Gasteiger charge is -2.37. The van der Waals surface area contributed by atoms with Crippen molar-refractivity contribution >= 4 is 5.97 Å². The molecule has 2 aliphatic rings. The molecule has 0 amide bonds. The summed E-state index contributed by atoms with van der Waals surface area (Å²) < 4.78 is 11.5. The zero-order valence-electron chi connectivity index (χ0n) is 16.5. The van der Waals surface area contributed by atoms with Crippen LogP contribution >= 0.6 is 0 Å². The van der Waals surface area contributed by atoms with E-state index in [9.17, 15) is 15.0 Å². The Morgan fingerprint density at radius 3 is 2.72 bits per heavy atom. The van der Waals surface area contributed by atoms with E-state index in [2.05, 4.69) is 30.3 Å². The standard InChI is InChI=1S/C24H26O5/c1-2-28-24-19(11-6-12-25)21(14-22(29-24)23(26)27)18-10-5-9-17-16-8-4-3-7-15(16)13-20(17)18/h3-5,7-10,14,19,21,24-25H,2,6,11-13H2,1H3,(H,26,27)/t19-,21-,24-/m0/s1. The van der Waals surface area contributed by atoms with E-state index in [4.69, 9.17) is 9.47 Å². The summed E-state index contributed by atoms with van der Waals surface area (Å²) in [7, 11) is 0. The van der Waals surface area contributed by atoms with Crippen LogP contribution in [0.3, 0.4) is 0 Å². The zero-order chi connectivity index (χ0) is 20.4. The fourth-order valence-corrected chi connectivity index (χ4v) is 4.61. The second kappa shape index (κ2) is 8.39. The van der Waals surface area contributed by atoms with Gasteiger partial charge >= 0.3 is 5.97 Å². The molecule has 152 valence electrons. The Morgan fingerprint density at radius 1 is 1.17 bits per heavy atom. The molecule has 0 bridgehead atoms. The first-order chi connectivity index (χ1) is 14.1. The lowest BCUT2D eigenvalue weighted by atomic mass is 9.78. The van der Waals surface area contributed by atoms with Crippen LogP contribution in [0.25, 0.3) is 11.1 Å². The first kappa shape index (κ1) is 19.7. The Labute approximate surface area is 170 Å². The van der Waals surface area contributed by atoms with Crippen LogP contribution in [0.4, 0.5) is 0 Å². The van der Waals surface area contributed by atoms with E-state index >= 15 is 0 Å². The number of rotatable bonds is 7. The van der Waals surface area contributed by atoms with Crippen LogP contribution in [0.2, 0.25) is 0 Å². The lowest BCUT2D eigenvalue weighted by molar-refractivity contribution is -0.173. The number of allylic oxidation sites excluding steroid dienone is 1. The Kier molecular flexibility index (Phi) is 5.69. The molecule has 0 spiro atoms. The molecule has 0 saturated heterocycles. The van der Waals surface area contributed by atoms with Gasteiger partial charge in [-0.15, -0.1) is 0 Å². The monoisotopic (exact) mass is 394 g/mol. The summed E-state index contributed by atoms with van der Waals surface area (Å²) in [5, 5.41) is 19.0. The van der Waals surface area contributed by atoms with Crippen molar-refractivity contribution in [3.05, 3.63) is 71.0 Å². The number of carboxylic acids is 1. The summed E-state index contributed by atoms with van der Waals surface area (Å²) in [5.74, 6) is -1.37. The van der Waals surface area contributed by atoms with Gasteiger partial charge in [0.05, 0.1) is 0 Å². The molecule has 1 aliphatic heterocycles. The fraction of sp³-hybridized carbons (Fsp3) is 0.375. The van der Waals surface area contributed by atoms with Crippen LogP contribution in [0.5, 0.6) is 0 Å². The molecular formula is C24H26O5. The van der Waals surface area contributed by atoms with Crippen molar-refractivity contribution < 1.29 is 24.5 Å². The average molecular weight is 394 g/mol. The quantitative estimate of drug-likeness (QED) is 0.631. The second-order valence-electron chi connectivity index (χ2n) is 7.54. The Bertz CT molecular complexity index is 933. The van der Waals surface area contributed by atoms with Gasteiger partial charge in [-0.25, -0.2) is 4.79 Å². The van der Waals surface area contributed by atoms with Gasteiger partial charge in [0.2, 0.25) is 12.0 Å². The first-order valence-electron chi connectivity index (χ1n) is 10.2. The van der Waals surface area contributed by atoms with Crippen molar-refractivity contribution in [1.29, 1.82) is 0 Å². The number of carboxylic acid groups (broad SMARTS) is 1. The number of aliphatic hydroxyl groups excluding tert-OH is 1. The van der Waals surface area contributed by atoms with Crippen molar-refractivity contribution in [3.8, 4) is 11.1 Å². The summed E-state index contributed by atoms with van der Waals surface area (Å²) in [6, 6.07) is 14.6. The zero-order valence-corrected chi connectivity index (χ0v) is 16.5. The summed E-state index contributed by atoms with van der Waals surface area (Å²) >= 11 is 0. The molecule has 0 saturated carbocycles. The van der Waals surface area contributed by atoms with Gasteiger partial charge in [0.15, 0.2) is 0 Å². The maximum Gasteiger partial charge on any atom is 0.370 e. The molecule has 29 heavy (non-hydrogen) atoms. The molecule has 1 heterocycles. The first-order valence-corrected chi connectivity index (χ1v) is 10.2. The number of hydrogen-bond acceptors (Lipinski definition) is 4. The molecule has 2 aromatic carbocycles. The predicted octanol–water partition coefficient (Wildman–Crippen LogP) is 4.09. The van der Waals surface area contributed by atoms with Gasteiger partial charge in [0.25, 0.3) is 0 Å². The van der Waals surface area contributed by atoms with Gasteiger partial charge in [-0.1, -0.05) is 42.5 Å². The molecule has 1 aliphatic carbocycles. The third-order valence-corrected chi connectivity index (χ3v) is 5.87. The highest BCUT2D eigenvalue weighted by Gasteiger charge is 2.39. The molecule has 4 rings (SSSR count). The number of aliphatic carboxylic acids is 1. The highest BCUT2D eigenvalue weighted by Crippen LogP contribution is 2.45. The molecule has 5 nitrogen and oxygen atoms in total. The number of aliphatic hydroxyl groups is 1. The van der Waals surface area contributed by atoms with Crippen LogP contribution in [-0.4, -0.2) is 35.7 Å². The van der Waals surface area contributed by atoms with Crippen molar-refractivity contribution in [1.82, 2.24) is 0 Å². The smallest absolute Gasteiger partial charge is 0.370 e. The molecule has 0 aromatic heterocycles. The minimum atomic E-state index is -1.09. The number of ether oxygens (including phenoxy) is 2. The van der Waals surface area contributed by atoms with E-state index in [1.165, 1.54) is 22.3 Å². The van der Waals surface area contributed by atoms with Gasteiger partial charge in [-0.2, -0.15) is 0 Å². The van der Waals surface area contributed by atoms with Gasteiger partial charge < -0.3 is 19.7 Å². The van der Waals surface area contributed by atoms with E-state index in [0.717, 1.165) is 12.0 Å². The molecule has 2 aromatic rings. The van der Waals surface area contributed by atoms with Crippen LogP contribution < -0.4 is 0 Å². The number of benzene rings is 2. The van der Waals surface area contributed by atoms with Crippen molar-refractivity contribution in [2.24, 2.45) is 5.92 Å². The van der Waals surface area contributed by atoms with Crippen LogP contribution in [0, 0.1) is 5.92 Å². The van der Waals surface area contributed by atoms with Gasteiger partial charge in [-0.3, -0.25) is 0 Å². The van der Waals surface area contributed by atoms with Crippen LogP contribution in [0.1, 0.15) is 42.4 Å². The van der Waals surface area contributed by atoms with E-state index in [-0.39, 0.29) is 24.2 Å². The maximum absolute atomic E-state index is 11.7. The van der Waals surface area contributed by atoms with E-state index < -0.39 is 12.3 Å². The van der Waals surface area contributed by atoms with Crippen molar-refractivity contribution in [3.63, 3.8) is 0 Å². The number of fused-ring (bicyclic) bond motifs is 3. The summed E-state index contributed by atoms with van der Waals surface area (Å²) in [6.07, 6.45) is 3.21. The molecular weight excluding hydrogens is 368 g/mol. The fourth-order valence-electron chi connectivity index (χ4n) is 4.61. The third kappa shape index (κ3) is 3.68. The van der Waals surface area contributed by atoms with Gasteiger partial charge in [-0.05, 0) is 60.1 Å². The lowest BCUT2D eigenvalue weighted by Crippen LogP contribution is -2.36. The molecule has 5 heteroatoms. The van der Waals surface area contributed by atoms with E-state index in [1.807, 2.05) is 19.1 Å². The second-order valence-corrected chi connectivity index (χ2v) is 7.54. The maximum atomic E-state index is 11.7. The normalized spacial score (nSPS) is 22.4. The third-order valence-electron chi connectivity index (χ3n) is 5.87. The highest BCUT2D eigenvalue weighted by molar-refractivity contribution is 5.85. The molecule has 0 radical (unpaired) electrons. The molecule has 0 unspecified atom stereocenters. The van der Waals surface area contributed by atoms with Crippen LogP contribution in [-0.2, 0) is 20.7 Å². The summed E-state index contributed by atoms with van der Waals surface area (Å²) in [6.45, 7) is 2.38. The minimum Gasteiger partial charge on any atom is -0.475 e. The van der Waals surface area contributed by atoms with Crippen molar-refractivity contribution in [2.75, 3.05) is 13.2 Å².